The van der Waals surface area contributed by atoms with Crippen molar-refractivity contribution < 1.29 is 43.2 Å². The Morgan fingerprint density at radius 1 is 1.05 bits per heavy atom. The van der Waals surface area contributed by atoms with E-state index in [0.717, 1.165) is 30.6 Å². The molecular weight excluding hydrogens is 588 g/mol. The Morgan fingerprint density at radius 3 is 2.55 bits per heavy atom. The van der Waals surface area contributed by atoms with Crippen molar-refractivity contribution in [1.82, 2.24) is 4.98 Å². The van der Waals surface area contributed by atoms with Crippen LogP contribution in [0.3, 0.4) is 0 Å². The van der Waals surface area contributed by atoms with Crippen molar-refractivity contribution in [2.24, 2.45) is 0 Å². The fourth-order valence-electron chi connectivity index (χ4n) is 5.08. The van der Waals surface area contributed by atoms with Gasteiger partial charge in [-0.25, -0.2) is 9.78 Å². The molecule has 3 heterocycles. The van der Waals surface area contributed by atoms with Gasteiger partial charge in [-0.15, -0.1) is 0 Å². The zero-order valence-electron chi connectivity index (χ0n) is 25.0. The van der Waals surface area contributed by atoms with E-state index in [4.69, 9.17) is 23.7 Å². The number of benzene rings is 2. The average Bonchev–Trinajstić information content (AvgIpc) is 3.54. The molecule has 1 N–H and O–H groups in total. The Balaban J connectivity index is 1.65. The molecule has 44 heavy (non-hydrogen) atoms. The van der Waals surface area contributed by atoms with Gasteiger partial charge in [-0.3, -0.25) is 14.5 Å². The lowest BCUT2D eigenvalue weighted by Crippen LogP contribution is -2.29. The number of fused-ring (bicyclic) bond motifs is 1. The number of aryl methyl sites for hydroxylation is 1. The van der Waals surface area contributed by atoms with Gasteiger partial charge >= 0.3 is 11.9 Å². The molecule has 1 fully saturated rings. The van der Waals surface area contributed by atoms with Gasteiger partial charge in [0, 0.05) is 5.56 Å². The maximum Gasteiger partial charge on any atom is 0.350 e. The number of anilines is 1. The zero-order valence-corrected chi connectivity index (χ0v) is 25.8. The van der Waals surface area contributed by atoms with Crippen LogP contribution in [0.15, 0.2) is 42.0 Å². The number of hydrogen-bond acceptors (Lipinski definition) is 11. The first-order valence-electron chi connectivity index (χ1n) is 14.4. The van der Waals surface area contributed by atoms with Crippen molar-refractivity contribution in [3.63, 3.8) is 0 Å². The van der Waals surface area contributed by atoms with E-state index in [2.05, 4.69) is 11.9 Å². The summed E-state index contributed by atoms with van der Waals surface area (Å²) in [7, 11) is 1.25. The Hall–Kier alpha value is -4.58. The smallest absolute Gasteiger partial charge is 0.350 e. The molecule has 2 aromatic carbocycles. The van der Waals surface area contributed by atoms with Crippen molar-refractivity contribution in [3.8, 4) is 23.0 Å². The van der Waals surface area contributed by atoms with E-state index in [1.165, 1.54) is 12.0 Å². The van der Waals surface area contributed by atoms with Crippen LogP contribution in [0.1, 0.15) is 65.6 Å². The number of aromatic nitrogens is 1. The third-order valence-corrected chi connectivity index (χ3v) is 8.35. The van der Waals surface area contributed by atoms with Crippen LogP contribution in [0.2, 0.25) is 0 Å². The Bertz CT molecular complexity index is 1610. The third-order valence-electron chi connectivity index (χ3n) is 7.21. The van der Waals surface area contributed by atoms with Crippen molar-refractivity contribution in [2.45, 2.75) is 46.1 Å². The molecule has 1 saturated heterocycles. The van der Waals surface area contributed by atoms with Crippen molar-refractivity contribution in [2.75, 3.05) is 38.4 Å². The van der Waals surface area contributed by atoms with E-state index < -0.39 is 29.5 Å². The number of ketones is 1. The molecule has 1 atom stereocenters. The monoisotopic (exact) mass is 622 g/mol. The minimum atomic E-state index is -1.10. The lowest BCUT2D eigenvalue weighted by atomic mass is 9.95. The summed E-state index contributed by atoms with van der Waals surface area (Å²) in [4.78, 5) is 45.6. The number of amides is 1. The maximum absolute atomic E-state index is 13.7. The SMILES string of the molecule is CCCCCOc1ccc(C2C(=C(O)c3ccc4c(c3)OCCO4)C(=O)C(=O)N2c2nc(C)c(C(=O)OC)s2)cc1OCC. The molecule has 0 radical (unpaired) electrons. The quantitative estimate of drug-likeness (QED) is 0.0947. The number of hydrogen-bond donors (Lipinski definition) is 1. The summed E-state index contributed by atoms with van der Waals surface area (Å²) in [5, 5.41) is 11.7. The first kappa shape index (κ1) is 30.9. The highest BCUT2D eigenvalue weighted by molar-refractivity contribution is 7.17. The second-order valence-electron chi connectivity index (χ2n) is 10.1. The second-order valence-corrected chi connectivity index (χ2v) is 11.1. The number of esters is 1. The number of Topliss-reactive ketones (excluding diaryl/α,β-unsaturated/α-hetero) is 1. The summed E-state index contributed by atoms with van der Waals surface area (Å²) < 4.78 is 28.0. The van der Waals surface area contributed by atoms with Gasteiger partial charge in [0.05, 0.1) is 37.6 Å². The molecule has 0 bridgehead atoms. The van der Waals surface area contributed by atoms with Crippen LogP contribution in [-0.4, -0.2) is 61.3 Å². The van der Waals surface area contributed by atoms with Gasteiger partial charge in [0.15, 0.2) is 28.1 Å². The lowest BCUT2D eigenvalue weighted by molar-refractivity contribution is -0.132. The maximum atomic E-state index is 13.7. The van der Waals surface area contributed by atoms with Crippen LogP contribution in [0, 0.1) is 6.92 Å². The Morgan fingerprint density at radius 2 is 1.82 bits per heavy atom. The molecule has 12 heteroatoms. The van der Waals surface area contributed by atoms with E-state index in [1.807, 2.05) is 6.92 Å². The van der Waals surface area contributed by atoms with E-state index in [-0.39, 0.29) is 21.1 Å². The molecule has 11 nitrogen and oxygen atoms in total. The first-order valence-corrected chi connectivity index (χ1v) is 15.3. The van der Waals surface area contributed by atoms with E-state index >= 15 is 0 Å². The summed E-state index contributed by atoms with van der Waals surface area (Å²) in [5.74, 6) is -0.955. The summed E-state index contributed by atoms with van der Waals surface area (Å²) in [6.07, 6.45) is 2.96. The second kappa shape index (κ2) is 13.4. The van der Waals surface area contributed by atoms with E-state index in [9.17, 15) is 19.5 Å². The van der Waals surface area contributed by atoms with Crippen LogP contribution >= 0.6 is 11.3 Å². The normalized spacial score (nSPS) is 17.1. The van der Waals surface area contributed by atoms with Gasteiger partial charge in [-0.05, 0) is 56.2 Å². The molecule has 0 spiro atoms. The topological polar surface area (TPSA) is 134 Å². The molecule has 0 saturated carbocycles. The van der Waals surface area contributed by atoms with Crippen LogP contribution < -0.4 is 23.8 Å². The van der Waals surface area contributed by atoms with Gasteiger partial charge in [-0.2, -0.15) is 0 Å². The largest absolute Gasteiger partial charge is 0.507 e. The lowest BCUT2D eigenvalue weighted by Gasteiger charge is -2.24. The highest BCUT2D eigenvalue weighted by atomic mass is 32.1. The van der Waals surface area contributed by atoms with Crippen LogP contribution in [-0.2, 0) is 14.3 Å². The number of carbonyl (C=O) groups is 3. The fraction of sp³-hybridized carbons (Fsp3) is 0.375. The fourth-order valence-corrected chi connectivity index (χ4v) is 6.09. The van der Waals surface area contributed by atoms with Gasteiger partial charge in [0.2, 0.25) is 0 Å². The number of thiazole rings is 1. The number of carbonyl (C=O) groups excluding carboxylic acids is 3. The average molecular weight is 623 g/mol. The number of aliphatic hydroxyl groups is 1. The molecule has 1 unspecified atom stereocenters. The highest BCUT2D eigenvalue weighted by Gasteiger charge is 2.48. The third kappa shape index (κ3) is 5.94. The molecular formula is C32H34N2O9S. The van der Waals surface area contributed by atoms with Crippen LogP contribution in [0.4, 0.5) is 5.13 Å². The number of aliphatic hydroxyl groups excluding tert-OH is 1. The number of nitrogens with zero attached hydrogens (tertiary/aromatic N) is 2. The first-order chi connectivity index (χ1) is 21.3. The number of rotatable bonds is 11. The van der Waals surface area contributed by atoms with Crippen molar-refractivity contribution >= 4 is 39.9 Å². The zero-order chi connectivity index (χ0) is 31.4. The standard InChI is InChI=1S/C32H34N2O9S/c1-5-7-8-13-41-21-11-9-19(16-23(21)40-6-2)26-25(27(35)20-10-12-22-24(17-20)43-15-14-42-22)28(36)30(37)34(26)32-33-18(3)29(44-32)31(38)39-4/h9-12,16-17,26,35H,5-8,13-15H2,1-4H3. The predicted octanol–water partition coefficient (Wildman–Crippen LogP) is 5.60. The summed E-state index contributed by atoms with van der Waals surface area (Å²) in [6, 6.07) is 8.84. The summed E-state index contributed by atoms with van der Waals surface area (Å²) in [5.41, 5.74) is 0.928. The number of ether oxygens (including phenoxy) is 5. The van der Waals surface area contributed by atoms with Gasteiger partial charge in [0.1, 0.15) is 23.9 Å². The van der Waals surface area contributed by atoms with Crippen molar-refractivity contribution in [1.29, 1.82) is 0 Å². The number of methoxy groups -OCH3 is 1. The minimum absolute atomic E-state index is 0.106. The van der Waals surface area contributed by atoms with Crippen molar-refractivity contribution in [3.05, 3.63) is 63.7 Å². The molecule has 0 aliphatic carbocycles. The summed E-state index contributed by atoms with van der Waals surface area (Å²) in [6.45, 7) is 7.15. The van der Waals surface area contributed by atoms with Crippen LogP contribution in [0.25, 0.3) is 5.76 Å². The van der Waals surface area contributed by atoms with E-state index in [0.29, 0.717) is 60.7 Å². The predicted molar refractivity (Wildman–Crippen MR) is 163 cm³/mol. The van der Waals surface area contributed by atoms with Gasteiger partial charge in [0.25, 0.3) is 5.78 Å². The molecule has 1 amide bonds. The molecule has 2 aliphatic heterocycles. The molecule has 2 aliphatic rings. The Labute approximate surface area is 259 Å². The van der Waals surface area contributed by atoms with Gasteiger partial charge < -0.3 is 28.8 Å². The number of unbranched alkanes of at least 4 members (excludes halogenated alkanes) is 2. The molecule has 1 aromatic heterocycles. The Kier molecular flexibility index (Phi) is 9.38. The highest BCUT2D eigenvalue weighted by Crippen LogP contribution is 2.46. The van der Waals surface area contributed by atoms with Gasteiger partial charge in [-0.1, -0.05) is 37.2 Å². The van der Waals surface area contributed by atoms with E-state index in [1.54, 1.807) is 43.3 Å². The minimum Gasteiger partial charge on any atom is -0.507 e. The summed E-state index contributed by atoms with van der Waals surface area (Å²) >= 11 is 0.926. The molecule has 5 rings (SSSR count). The molecule has 232 valence electrons. The molecule has 3 aromatic rings. The van der Waals surface area contributed by atoms with Crippen LogP contribution in [0.5, 0.6) is 23.0 Å².